The second kappa shape index (κ2) is 9.47. The summed E-state index contributed by atoms with van der Waals surface area (Å²) in [4.78, 5) is 0. The molecule has 0 aliphatic heterocycles. The molecular formula is C7H17ClO3Si. The molecule has 0 fully saturated rings. The van der Waals surface area contributed by atoms with Gasteiger partial charge in [-0.2, -0.15) is 0 Å². The van der Waals surface area contributed by atoms with E-state index >= 15 is 0 Å². The number of hydrogen-bond donors (Lipinski definition) is 0. The normalized spacial score (nSPS) is 14.2. The molecule has 0 rings (SSSR count). The van der Waals surface area contributed by atoms with Gasteiger partial charge in [-0.15, -0.1) is 11.6 Å². The van der Waals surface area contributed by atoms with Crippen LogP contribution in [0.25, 0.3) is 0 Å². The summed E-state index contributed by atoms with van der Waals surface area (Å²) in [5.74, 6) is 0.721. The molecule has 0 saturated heterocycles. The fourth-order valence-corrected chi connectivity index (χ4v) is 2.35. The first kappa shape index (κ1) is 12.4. The van der Waals surface area contributed by atoms with Crippen molar-refractivity contribution in [2.75, 3.05) is 26.7 Å². The van der Waals surface area contributed by atoms with E-state index in [-0.39, 0.29) is 6.29 Å². The molecule has 74 valence electrons. The van der Waals surface area contributed by atoms with Crippen LogP contribution in [-0.4, -0.2) is 42.8 Å². The molecule has 0 aliphatic carbocycles. The second-order valence-corrected chi connectivity index (χ2v) is 4.21. The minimum atomic E-state index is -0.468. The third-order valence-electron chi connectivity index (χ3n) is 1.40. The van der Waals surface area contributed by atoms with Gasteiger partial charge in [-0.3, -0.25) is 0 Å². The van der Waals surface area contributed by atoms with E-state index < -0.39 is 9.76 Å². The first-order chi connectivity index (χ1) is 5.85. The van der Waals surface area contributed by atoms with Gasteiger partial charge in [0.25, 0.3) is 0 Å². The molecule has 0 bridgehead atoms. The van der Waals surface area contributed by atoms with Crippen molar-refractivity contribution in [3.8, 4) is 0 Å². The highest BCUT2D eigenvalue weighted by atomic mass is 35.5. The lowest BCUT2D eigenvalue weighted by Gasteiger charge is -2.14. The molecule has 0 amide bonds. The SMILES string of the molecule is COCC(OC)O[SiH2]CCCCl. The van der Waals surface area contributed by atoms with E-state index in [1.165, 1.54) is 0 Å². The molecule has 0 aromatic heterocycles. The van der Waals surface area contributed by atoms with Crippen LogP contribution in [0.5, 0.6) is 0 Å². The average Bonchev–Trinajstić information content (AvgIpc) is 2.10. The smallest absolute Gasteiger partial charge is 0.170 e. The van der Waals surface area contributed by atoms with Crippen LogP contribution in [0.4, 0.5) is 0 Å². The van der Waals surface area contributed by atoms with Gasteiger partial charge < -0.3 is 13.9 Å². The summed E-state index contributed by atoms with van der Waals surface area (Å²) in [5, 5.41) is 0. The Hall–Kier alpha value is 0.387. The van der Waals surface area contributed by atoms with E-state index in [0.29, 0.717) is 6.61 Å². The van der Waals surface area contributed by atoms with Gasteiger partial charge in [-0.05, 0) is 12.5 Å². The maximum atomic E-state index is 5.52. The van der Waals surface area contributed by atoms with Gasteiger partial charge in [0.1, 0.15) is 0 Å². The van der Waals surface area contributed by atoms with Crippen molar-refractivity contribution in [2.24, 2.45) is 0 Å². The molecular weight excluding hydrogens is 196 g/mol. The van der Waals surface area contributed by atoms with E-state index in [1.54, 1.807) is 14.2 Å². The van der Waals surface area contributed by atoms with Crippen LogP contribution >= 0.6 is 11.6 Å². The van der Waals surface area contributed by atoms with Crippen LogP contribution in [0.15, 0.2) is 0 Å². The monoisotopic (exact) mass is 212 g/mol. The summed E-state index contributed by atoms with van der Waals surface area (Å²) < 4.78 is 15.4. The number of hydrogen-bond acceptors (Lipinski definition) is 3. The molecule has 0 radical (unpaired) electrons. The number of rotatable bonds is 8. The summed E-state index contributed by atoms with van der Waals surface area (Å²) in [6, 6.07) is 1.10. The van der Waals surface area contributed by atoms with Crippen molar-refractivity contribution >= 4 is 21.4 Å². The Balaban J connectivity index is 3.19. The summed E-state index contributed by atoms with van der Waals surface area (Å²) in [6.07, 6.45) is 0.856. The summed E-state index contributed by atoms with van der Waals surface area (Å²) in [5.41, 5.74) is 0. The third kappa shape index (κ3) is 7.06. The van der Waals surface area contributed by atoms with Gasteiger partial charge in [0.05, 0.1) is 6.61 Å². The van der Waals surface area contributed by atoms with Crippen molar-refractivity contribution in [3.05, 3.63) is 0 Å². The second-order valence-electron chi connectivity index (χ2n) is 2.39. The quantitative estimate of drug-likeness (QED) is 0.257. The van der Waals surface area contributed by atoms with E-state index in [1.807, 2.05) is 0 Å². The highest BCUT2D eigenvalue weighted by Gasteiger charge is 2.05. The minimum absolute atomic E-state index is 0.183. The lowest BCUT2D eigenvalue weighted by Crippen LogP contribution is -2.23. The zero-order chi connectivity index (χ0) is 9.23. The minimum Gasteiger partial charge on any atom is -0.398 e. The molecule has 0 aliphatic rings. The van der Waals surface area contributed by atoms with E-state index in [4.69, 9.17) is 25.5 Å². The van der Waals surface area contributed by atoms with Crippen LogP contribution in [0, 0.1) is 0 Å². The Kier molecular flexibility index (Phi) is 9.78. The molecule has 1 unspecified atom stereocenters. The van der Waals surface area contributed by atoms with E-state index in [9.17, 15) is 0 Å². The Bertz CT molecular complexity index is 94.7. The van der Waals surface area contributed by atoms with Crippen LogP contribution in [0.1, 0.15) is 6.42 Å². The van der Waals surface area contributed by atoms with Gasteiger partial charge in [-0.1, -0.05) is 0 Å². The first-order valence-electron chi connectivity index (χ1n) is 4.04. The van der Waals surface area contributed by atoms with Crippen molar-refractivity contribution in [1.29, 1.82) is 0 Å². The molecule has 12 heavy (non-hydrogen) atoms. The van der Waals surface area contributed by atoms with Gasteiger partial charge in [0.15, 0.2) is 16.1 Å². The van der Waals surface area contributed by atoms with Crippen LogP contribution < -0.4 is 0 Å². The number of methoxy groups -OCH3 is 2. The lowest BCUT2D eigenvalue weighted by molar-refractivity contribution is -0.0928. The third-order valence-corrected chi connectivity index (χ3v) is 3.06. The molecule has 0 aromatic carbocycles. The van der Waals surface area contributed by atoms with Crippen LogP contribution in [0.3, 0.4) is 0 Å². The van der Waals surface area contributed by atoms with Crippen molar-refractivity contribution < 1.29 is 13.9 Å². The topological polar surface area (TPSA) is 27.7 Å². The highest BCUT2D eigenvalue weighted by molar-refractivity contribution is 6.27. The maximum Gasteiger partial charge on any atom is 0.170 e. The van der Waals surface area contributed by atoms with Crippen molar-refractivity contribution in [2.45, 2.75) is 18.8 Å². The van der Waals surface area contributed by atoms with Gasteiger partial charge in [-0.25, -0.2) is 0 Å². The highest BCUT2D eigenvalue weighted by Crippen LogP contribution is 1.97. The molecule has 0 N–H and O–H groups in total. The molecule has 0 aromatic rings. The predicted molar refractivity (Wildman–Crippen MR) is 52.4 cm³/mol. The maximum absolute atomic E-state index is 5.52. The Morgan fingerprint density at radius 3 is 2.67 bits per heavy atom. The Labute approximate surface area is 81.3 Å². The fourth-order valence-electron chi connectivity index (χ4n) is 0.732. The zero-order valence-corrected chi connectivity index (χ0v) is 9.89. The summed E-state index contributed by atoms with van der Waals surface area (Å²) in [7, 11) is 2.79. The molecule has 5 heteroatoms. The Morgan fingerprint density at radius 1 is 1.42 bits per heavy atom. The molecule has 0 heterocycles. The molecule has 3 nitrogen and oxygen atoms in total. The Morgan fingerprint density at radius 2 is 2.17 bits per heavy atom. The van der Waals surface area contributed by atoms with Crippen molar-refractivity contribution in [1.82, 2.24) is 0 Å². The average molecular weight is 213 g/mol. The number of alkyl halides is 1. The summed E-state index contributed by atoms with van der Waals surface area (Å²) in [6.45, 7) is 0.504. The predicted octanol–water partition coefficient (Wildman–Crippen LogP) is 0.753. The largest absolute Gasteiger partial charge is 0.398 e. The van der Waals surface area contributed by atoms with Crippen LogP contribution in [0.2, 0.25) is 6.04 Å². The van der Waals surface area contributed by atoms with E-state index in [0.717, 1.165) is 18.3 Å². The zero-order valence-electron chi connectivity index (χ0n) is 7.72. The number of halogens is 1. The molecule has 1 atom stereocenters. The van der Waals surface area contributed by atoms with Gasteiger partial charge >= 0.3 is 0 Å². The fraction of sp³-hybridized carbons (Fsp3) is 1.00. The molecule has 0 spiro atoms. The molecule has 0 saturated carbocycles. The number of ether oxygens (including phenoxy) is 2. The van der Waals surface area contributed by atoms with Crippen LogP contribution in [-0.2, 0) is 13.9 Å². The van der Waals surface area contributed by atoms with E-state index in [2.05, 4.69) is 0 Å². The van der Waals surface area contributed by atoms with Gasteiger partial charge in [0, 0.05) is 20.1 Å². The standard InChI is InChI=1S/C7H17ClO3Si/c1-9-6-7(10-2)11-12-5-3-4-8/h7H,3-6,12H2,1-2H3. The van der Waals surface area contributed by atoms with Gasteiger partial charge in [0.2, 0.25) is 0 Å². The first-order valence-corrected chi connectivity index (χ1v) is 6.15. The summed E-state index contributed by atoms with van der Waals surface area (Å²) >= 11 is 5.52. The lowest BCUT2D eigenvalue weighted by atomic mass is 10.6. The van der Waals surface area contributed by atoms with Crippen molar-refractivity contribution in [3.63, 3.8) is 0 Å².